The molecule has 11 heteroatoms. The van der Waals surface area contributed by atoms with Crippen LogP contribution in [0.5, 0.6) is 0 Å². The zero-order valence-electron chi connectivity index (χ0n) is 12.8. The number of pyridine rings is 1. The van der Waals surface area contributed by atoms with E-state index in [1.54, 1.807) is 5.38 Å². The average Bonchev–Trinajstić information content (AvgIpc) is 3.12. The number of anilines is 1. The van der Waals surface area contributed by atoms with Crippen LogP contribution in [0.15, 0.2) is 22.1 Å². The summed E-state index contributed by atoms with van der Waals surface area (Å²) >= 11 is 10.5. The average molecular weight is 447 g/mol. The number of halogens is 2. The predicted molar refractivity (Wildman–Crippen MR) is 97.0 cm³/mol. The van der Waals surface area contributed by atoms with Crippen molar-refractivity contribution in [1.82, 2.24) is 20.8 Å². The fourth-order valence-corrected chi connectivity index (χ4v) is 3.48. The number of ether oxygens (including phenoxy) is 1. The molecule has 1 aliphatic heterocycles. The topological polar surface area (TPSA) is 96.5 Å². The molecule has 0 aliphatic carbocycles. The number of aromatic nitrogens is 2. The first-order valence-electron chi connectivity index (χ1n) is 7.24. The van der Waals surface area contributed by atoms with Crippen LogP contribution in [-0.2, 0) is 4.74 Å². The Bertz CT molecular complexity index is 797. The lowest BCUT2D eigenvalue weighted by atomic mass is 10.3. The van der Waals surface area contributed by atoms with Crippen LogP contribution in [-0.4, -0.2) is 48.1 Å². The molecule has 2 aromatic rings. The van der Waals surface area contributed by atoms with Gasteiger partial charge in [-0.05, 0) is 22.0 Å². The van der Waals surface area contributed by atoms with Gasteiger partial charge in [0.05, 0.1) is 18.8 Å². The van der Waals surface area contributed by atoms with Crippen molar-refractivity contribution in [3.05, 3.63) is 38.5 Å². The number of carbonyl (C=O) groups excluding carboxylic acids is 2. The van der Waals surface area contributed by atoms with E-state index in [0.717, 1.165) is 18.2 Å². The number of amides is 2. The maximum absolute atomic E-state index is 12.1. The Morgan fingerprint density at radius 2 is 2.00 bits per heavy atom. The third-order valence-electron chi connectivity index (χ3n) is 3.35. The summed E-state index contributed by atoms with van der Waals surface area (Å²) in [6, 6.07) is 1.51. The monoisotopic (exact) mass is 445 g/mol. The van der Waals surface area contributed by atoms with Gasteiger partial charge in [0.15, 0.2) is 5.13 Å². The maximum Gasteiger partial charge on any atom is 0.289 e. The van der Waals surface area contributed by atoms with Crippen molar-refractivity contribution in [2.24, 2.45) is 0 Å². The third kappa shape index (κ3) is 4.46. The van der Waals surface area contributed by atoms with E-state index in [9.17, 15) is 9.59 Å². The van der Waals surface area contributed by atoms with Gasteiger partial charge in [-0.15, -0.1) is 11.3 Å². The largest absolute Gasteiger partial charge is 0.378 e. The second-order valence-corrected chi connectivity index (χ2v) is 7.13. The highest BCUT2D eigenvalue weighted by Gasteiger charge is 2.18. The van der Waals surface area contributed by atoms with Crippen molar-refractivity contribution in [3.8, 4) is 0 Å². The molecule has 8 nitrogen and oxygen atoms in total. The number of hydrazine groups is 1. The molecule has 3 heterocycles. The van der Waals surface area contributed by atoms with Gasteiger partial charge in [0.1, 0.15) is 10.8 Å². The summed E-state index contributed by atoms with van der Waals surface area (Å²) in [4.78, 5) is 34.4. The highest BCUT2D eigenvalue weighted by atomic mass is 79.9. The lowest BCUT2D eigenvalue weighted by Gasteiger charge is -2.25. The van der Waals surface area contributed by atoms with Crippen molar-refractivity contribution in [1.29, 1.82) is 0 Å². The highest BCUT2D eigenvalue weighted by Crippen LogP contribution is 2.21. The Morgan fingerprint density at radius 1 is 1.28 bits per heavy atom. The fourth-order valence-electron chi connectivity index (χ4n) is 2.10. The molecule has 1 saturated heterocycles. The predicted octanol–water partition coefficient (Wildman–Crippen LogP) is 1.87. The van der Waals surface area contributed by atoms with Gasteiger partial charge in [-0.2, -0.15) is 0 Å². The SMILES string of the molecule is O=C(NNC(=O)c1cc(Br)cnc1Cl)c1csc(N2CCOCC2)n1. The minimum atomic E-state index is -0.573. The van der Waals surface area contributed by atoms with Gasteiger partial charge in [-0.1, -0.05) is 11.6 Å². The molecule has 0 atom stereocenters. The molecule has 2 aromatic heterocycles. The summed E-state index contributed by atoms with van der Waals surface area (Å²) in [5.74, 6) is -1.08. The zero-order chi connectivity index (χ0) is 17.8. The molecule has 2 amide bonds. The number of nitrogens with zero attached hydrogens (tertiary/aromatic N) is 3. The number of carbonyl (C=O) groups is 2. The second kappa shape index (κ2) is 8.09. The summed E-state index contributed by atoms with van der Waals surface area (Å²) in [6.45, 7) is 2.75. The van der Waals surface area contributed by atoms with Crippen molar-refractivity contribution in [2.75, 3.05) is 31.2 Å². The van der Waals surface area contributed by atoms with E-state index in [-0.39, 0.29) is 16.4 Å². The molecule has 0 aromatic carbocycles. The van der Waals surface area contributed by atoms with Crippen molar-refractivity contribution < 1.29 is 14.3 Å². The highest BCUT2D eigenvalue weighted by molar-refractivity contribution is 9.10. The quantitative estimate of drug-likeness (QED) is 0.552. The number of morpholine rings is 1. The normalized spacial score (nSPS) is 14.2. The van der Waals surface area contributed by atoms with Gasteiger partial charge in [-0.25, -0.2) is 9.97 Å². The van der Waals surface area contributed by atoms with E-state index in [0.29, 0.717) is 17.7 Å². The Balaban J connectivity index is 1.60. The summed E-state index contributed by atoms with van der Waals surface area (Å²) in [6.07, 6.45) is 1.47. The lowest BCUT2D eigenvalue weighted by Crippen LogP contribution is -2.42. The van der Waals surface area contributed by atoms with E-state index in [1.807, 2.05) is 0 Å². The smallest absolute Gasteiger partial charge is 0.289 e. The Hall–Kier alpha value is -1.75. The maximum atomic E-state index is 12.1. The van der Waals surface area contributed by atoms with Crippen molar-refractivity contribution in [3.63, 3.8) is 0 Å². The van der Waals surface area contributed by atoms with Crippen LogP contribution < -0.4 is 15.8 Å². The fraction of sp³-hybridized carbons (Fsp3) is 0.286. The van der Waals surface area contributed by atoms with Gasteiger partial charge >= 0.3 is 0 Å². The lowest BCUT2D eigenvalue weighted by molar-refractivity contribution is 0.0844. The molecule has 2 N–H and O–H groups in total. The molecule has 3 rings (SSSR count). The number of hydrogen-bond donors (Lipinski definition) is 2. The first kappa shape index (κ1) is 18.1. The second-order valence-electron chi connectivity index (χ2n) is 5.01. The molecule has 0 radical (unpaired) electrons. The molecule has 0 saturated carbocycles. The molecule has 0 spiro atoms. The number of hydrogen-bond acceptors (Lipinski definition) is 7. The van der Waals surface area contributed by atoms with Crippen LogP contribution in [0.25, 0.3) is 0 Å². The summed E-state index contributed by atoms with van der Waals surface area (Å²) in [5, 5.41) is 2.43. The Morgan fingerprint density at radius 3 is 2.76 bits per heavy atom. The Labute approximate surface area is 160 Å². The summed E-state index contributed by atoms with van der Waals surface area (Å²) in [5.41, 5.74) is 4.99. The van der Waals surface area contributed by atoms with Gasteiger partial charge in [0, 0.05) is 29.1 Å². The van der Waals surface area contributed by atoms with Crippen LogP contribution in [0.4, 0.5) is 5.13 Å². The van der Waals surface area contributed by atoms with Crippen LogP contribution in [0.3, 0.4) is 0 Å². The standard InChI is InChI=1S/C14H13BrClN5O3S/c15-8-5-9(11(16)17-6-8)12(22)19-20-13(23)10-7-25-14(18-10)21-1-3-24-4-2-21/h5-7H,1-4H2,(H,19,22)(H,20,23). The van der Waals surface area contributed by atoms with E-state index < -0.39 is 11.8 Å². The number of rotatable bonds is 3. The van der Waals surface area contributed by atoms with Crippen molar-refractivity contribution >= 4 is 55.8 Å². The zero-order valence-corrected chi connectivity index (χ0v) is 15.9. The van der Waals surface area contributed by atoms with Gasteiger partial charge < -0.3 is 9.64 Å². The minimum absolute atomic E-state index is 0.0400. The third-order valence-corrected chi connectivity index (χ3v) is 4.98. The molecule has 0 bridgehead atoms. The first-order valence-corrected chi connectivity index (χ1v) is 9.29. The molecule has 1 fully saturated rings. The molecule has 25 heavy (non-hydrogen) atoms. The first-order chi connectivity index (χ1) is 12.0. The summed E-state index contributed by atoms with van der Waals surface area (Å²) in [7, 11) is 0. The van der Waals surface area contributed by atoms with E-state index in [4.69, 9.17) is 16.3 Å². The minimum Gasteiger partial charge on any atom is -0.378 e. The van der Waals surface area contributed by atoms with Crippen molar-refractivity contribution in [2.45, 2.75) is 0 Å². The van der Waals surface area contributed by atoms with Crippen LogP contribution in [0.1, 0.15) is 20.8 Å². The van der Waals surface area contributed by atoms with Gasteiger partial charge in [0.25, 0.3) is 11.8 Å². The van der Waals surface area contributed by atoms with Gasteiger partial charge in [0.2, 0.25) is 0 Å². The molecule has 1 aliphatic rings. The molecular weight excluding hydrogens is 434 g/mol. The Kier molecular flexibility index (Phi) is 5.84. The van der Waals surface area contributed by atoms with E-state index in [1.165, 1.54) is 23.6 Å². The molecule has 132 valence electrons. The van der Waals surface area contributed by atoms with E-state index in [2.05, 4.69) is 41.6 Å². The van der Waals surface area contributed by atoms with Crippen LogP contribution in [0, 0.1) is 0 Å². The van der Waals surface area contributed by atoms with Gasteiger partial charge in [-0.3, -0.25) is 20.4 Å². The summed E-state index contributed by atoms with van der Waals surface area (Å²) < 4.78 is 5.89. The van der Waals surface area contributed by atoms with E-state index >= 15 is 0 Å². The number of thiazole rings is 1. The molecule has 0 unspecified atom stereocenters. The molecular formula is C14H13BrClN5O3S. The number of nitrogens with one attached hydrogen (secondary N) is 2. The van der Waals surface area contributed by atoms with Crippen LogP contribution >= 0.6 is 38.9 Å². The van der Waals surface area contributed by atoms with Crippen LogP contribution in [0.2, 0.25) is 5.15 Å².